The summed E-state index contributed by atoms with van der Waals surface area (Å²) < 4.78 is 0. The fourth-order valence-electron chi connectivity index (χ4n) is 3.83. The van der Waals surface area contributed by atoms with Gasteiger partial charge in [-0.15, -0.1) is 5.92 Å². The van der Waals surface area contributed by atoms with Gasteiger partial charge in [0.1, 0.15) is 0 Å². The van der Waals surface area contributed by atoms with Crippen LogP contribution in [-0.4, -0.2) is 0 Å². The van der Waals surface area contributed by atoms with E-state index in [0.29, 0.717) is 5.92 Å². The van der Waals surface area contributed by atoms with Crippen LogP contribution in [0.1, 0.15) is 76.3 Å². The lowest BCUT2D eigenvalue weighted by molar-refractivity contribution is 0.817. The van der Waals surface area contributed by atoms with Crippen LogP contribution in [-0.2, 0) is 6.42 Å². The highest BCUT2D eigenvalue weighted by molar-refractivity contribution is 5.51. The largest absolute Gasteiger partial charge is 0.106 e. The average molecular weight is 333 g/mol. The fraction of sp³-hybridized carbons (Fsp3) is 0.440. The predicted octanol–water partition coefficient (Wildman–Crippen LogP) is 6.64. The van der Waals surface area contributed by atoms with Crippen molar-refractivity contribution in [2.45, 2.75) is 74.1 Å². The Morgan fingerprint density at radius 1 is 0.800 bits per heavy atom. The first-order valence-electron chi connectivity index (χ1n) is 9.39. The van der Waals surface area contributed by atoms with Crippen LogP contribution >= 0.6 is 0 Å². The lowest BCUT2D eigenvalue weighted by atomic mass is 9.83. The molecule has 25 heavy (non-hydrogen) atoms. The molecule has 0 aliphatic carbocycles. The fourth-order valence-corrected chi connectivity index (χ4v) is 3.83. The molecule has 0 fully saturated rings. The van der Waals surface area contributed by atoms with Gasteiger partial charge in [-0.25, -0.2) is 0 Å². The molecular weight excluding hydrogens is 300 g/mol. The molecule has 1 atom stereocenters. The molecule has 0 nitrogen and oxygen atoms in total. The maximum Gasteiger partial charge on any atom is 0.0452 e. The second kappa shape index (κ2) is 7.92. The van der Waals surface area contributed by atoms with Crippen molar-refractivity contribution < 1.29 is 0 Å². The minimum Gasteiger partial charge on any atom is -0.106 e. The van der Waals surface area contributed by atoms with Crippen molar-refractivity contribution >= 4 is 0 Å². The molecule has 0 aliphatic rings. The summed E-state index contributed by atoms with van der Waals surface area (Å²) in [6, 6.07) is 6.88. The maximum atomic E-state index is 3.39. The van der Waals surface area contributed by atoms with E-state index in [2.05, 4.69) is 78.5 Å². The van der Waals surface area contributed by atoms with Gasteiger partial charge < -0.3 is 0 Å². The highest BCUT2D eigenvalue weighted by Gasteiger charge is 2.17. The van der Waals surface area contributed by atoms with E-state index in [9.17, 15) is 0 Å². The molecule has 2 aromatic carbocycles. The Labute approximate surface area is 154 Å². The smallest absolute Gasteiger partial charge is 0.0452 e. The monoisotopic (exact) mass is 332 g/mol. The van der Waals surface area contributed by atoms with Gasteiger partial charge in [0.15, 0.2) is 0 Å². The van der Waals surface area contributed by atoms with Crippen LogP contribution in [0.2, 0.25) is 0 Å². The van der Waals surface area contributed by atoms with Crippen LogP contribution in [0.3, 0.4) is 0 Å². The van der Waals surface area contributed by atoms with Crippen LogP contribution in [0.15, 0.2) is 18.2 Å². The topological polar surface area (TPSA) is 0 Å². The summed E-state index contributed by atoms with van der Waals surface area (Å²) in [6.45, 7) is 17.7. The first kappa shape index (κ1) is 19.3. The van der Waals surface area contributed by atoms with Crippen molar-refractivity contribution in [3.63, 3.8) is 0 Å². The van der Waals surface area contributed by atoms with Crippen LogP contribution in [0, 0.1) is 53.4 Å². The van der Waals surface area contributed by atoms with Crippen LogP contribution in [0.5, 0.6) is 0 Å². The molecule has 0 aromatic heterocycles. The molecule has 0 bridgehead atoms. The zero-order chi connectivity index (χ0) is 18.7. The molecule has 0 saturated heterocycles. The van der Waals surface area contributed by atoms with Gasteiger partial charge in [-0.3, -0.25) is 0 Å². The number of aryl methyl sites for hydroxylation is 3. The molecule has 0 radical (unpaired) electrons. The molecule has 0 heteroatoms. The SMILES string of the molecule is CC#CC(CC)c1cc(C)c(Cc2c(C)ccc(C)c2C)c(C)c1C. The number of benzene rings is 2. The predicted molar refractivity (Wildman–Crippen MR) is 111 cm³/mol. The van der Waals surface area contributed by atoms with Crippen LogP contribution in [0.25, 0.3) is 0 Å². The quantitative estimate of drug-likeness (QED) is 0.550. The van der Waals surface area contributed by atoms with E-state index in [1.807, 2.05) is 6.92 Å². The average Bonchev–Trinajstić information content (AvgIpc) is 2.59. The van der Waals surface area contributed by atoms with Gasteiger partial charge >= 0.3 is 0 Å². The van der Waals surface area contributed by atoms with E-state index in [-0.39, 0.29) is 0 Å². The molecule has 2 aromatic rings. The lowest BCUT2D eigenvalue weighted by Gasteiger charge is -2.21. The highest BCUT2D eigenvalue weighted by Crippen LogP contribution is 2.31. The summed E-state index contributed by atoms with van der Waals surface area (Å²) in [4.78, 5) is 0. The van der Waals surface area contributed by atoms with Gasteiger partial charge in [0.05, 0.1) is 0 Å². The van der Waals surface area contributed by atoms with Gasteiger partial charge in [-0.2, -0.15) is 0 Å². The normalized spacial score (nSPS) is 11.8. The Kier molecular flexibility index (Phi) is 6.12. The van der Waals surface area contributed by atoms with E-state index in [0.717, 1.165) is 12.8 Å². The Morgan fingerprint density at radius 2 is 1.40 bits per heavy atom. The standard InChI is InChI=1S/C25H32/c1-9-11-22(10-2)25-14-18(5)24(20(7)21(25)8)15-23-17(4)13-12-16(3)19(23)6/h12-14,22H,10,15H2,1-8H3. The van der Waals surface area contributed by atoms with Crippen LogP contribution < -0.4 is 0 Å². The van der Waals surface area contributed by atoms with Crippen molar-refractivity contribution in [3.8, 4) is 11.8 Å². The molecule has 2 rings (SSSR count). The van der Waals surface area contributed by atoms with E-state index in [1.54, 1.807) is 0 Å². The second-order valence-electron chi connectivity index (χ2n) is 7.35. The van der Waals surface area contributed by atoms with Gasteiger partial charge in [-0.05, 0) is 111 Å². The third-order valence-electron chi connectivity index (χ3n) is 5.86. The zero-order valence-electron chi connectivity index (χ0n) is 17.2. The molecule has 0 heterocycles. The van der Waals surface area contributed by atoms with E-state index < -0.39 is 0 Å². The maximum absolute atomic E-state index is 3.39. The first-order valence-corrected chi connectivity index (χ1v) is 9.39. The minimum absolute atomic E-state index is 0.346. The van der Waals surface area contributed by atoms with Crippen molar-refractivity contribution in [3.05, 3.63) is 68.3 Å². The number of rotatable bonds is 4. The molecule has 0 aliphatic heterocycles. The first-order chi connectivity index (χ1) is 11.8. The molecule has 0 amide bonds. The summed E-state index contributed by atoms with van der Waals surface area (Å²) in [6.07, 6.45) is 2.09. The summed E-state index contributed by atoms with van der Waals surface area (Å²) in [5.41, 5.74) is 12.8. The third kappa shape index (κ3) is 3.82. The number of hydrogen-bond acceptors (Lipinski definition) is 0. The number of hydrogen-bond donors (Lipinski definition) is 0. The molecular formula is C25H32. The lowest BCUT2D eigenvalue weighted by Crippen LogP contribution is -2.07. The second-order valence-corrected chi connectivity index (χ2v) is 7.35. The molecule has 1 unspecified atom stereocenters. The minimum atomic E-state index is 0.346. The molecule has 0 spiro atoms. The Bertz CT molecular complexity index is 841. The molecule has 132 valence electrons. The van der Waals surface area contributed by atoms with E-state index in [4.69, 9.17) is 0 Å². The summed E-state index contributed by atoms with van der Waals surface area (Å²) in [5.74, 6) is 6.84. The molecule has 0 saturated carbocycles. The van der Waals surface area contributed by atoms with E-state index in [1.165, 1.54) is 50.1 Å². The summed E-state index contributed by atoms with van der Waals surface area (Å²) >= 11 is 0. The Hall–Kier alpha value is -2.00. The van der Waals surface area contributed by atoms with Crippen molar-refractivity contribution in [1.82, 2.24) is 0 Å². The van der Waals surface area contributed by atoms with Gasteiger partial charge in [0, 0.05) is 5.92 Å². The van der Waals surface area contributed by atoms with Crippen molar-refractivity contribution in [2.75, 3.05) is 0 Å². The summed E-state index contributed by atoms with van der Waals surface area (Å²) in [5, 5.41) is 0. The molecule has 0 N–H and O–H groups in total. The third-order valence-corrected chi connectivity index (χ3v) is 5.86. The van der Waals surface area contributed by atoms with Gasteiger partial charge in [-0.1, -0.05) is 31.0 Å². The van der Waals surface area contributed by atoms with Gasteiger partial charge in [0.2, 0.25) is 0 Å². The zero-order valence-corrected chi connectivity index (χ0v) is 17.2. The van der Waals surface area contributed by atoms with Crippen LogP contribution in [0.4, 0.5) is 0 Å². The highest BCUT2D eigenvalue weighted by atomic mass is 14.2. The van der Waals surface area contributed by atoms with E-state index >= 15 is 0 Å². The summed E-state index contributed by atoms with van der Waals surface area (Å²) in [7, 11) is 0. The Balaban J connectivity index is 2.56. The Morgan fingerprint density at radius 3 is 2.00 bits per heavy atom. The van der Waals surface area contributed by atoms with Crippen molar-refractivity contribution in [1.29, 1.82) is 0 Å². The van der Waals surface area contributed by atoms with Crippen molar-refractivity contribution in [2.24, 2.45) is 0 Å². The van der Waals surface area contributed by atoms with Gasteiger partial charge in [0.25, 0.3) is 0 Å².